The van der Waals surface area contributed by atoms with E-state index in [0.717, 1.165) is 15.5 Å². The zero-order chi connectivity index (χ0) is 17.5. The first kappa shape index (κ1) is 18.3. The van der Waals surface area contributed by atoms with E-state index in [9.17, 15) is 14.4 Å². The average Bonchev–Trinajstić information content (AvgIpc) is 2.79. The molecule has 1 fully saturated rings. The van der Waals surface area contributed by atoms with Gasteiger partial charge in [0.25, 0.3) is 5.91 Å². The Hall–Kier alpha value is -2.02. The van der Waals surface area contributed by atoms with Crippen molar-refractivity contribution in [3.63, 3.8) is 0 Å². The van der Waals surface area contributed by atoms with Crippen molar-refractivity contribution in [2.75, 3.05) is 18.8 Å². The number of carbonyl (C=O) groups is 3. The summed E-state index contributed by atoms with van der Waals surface area (Å²) < 4.78 is 0. The number of nitrogens with one attached hydrogen (secondary N) is 2. The Morgan fingerprint density at radius 3 is 2.67 bits per heavy atom. The van der Waals surface area contributed by atoms with Crippen LogP contribution in [0.3, 0.4) is 0 Å². The minimum atomic E-state index is -0.515. The molecule has 2 N–H and O–H groups in total. The molecule has 2 rings (SSSR count). The van der Waals surface area contributed by atoms with E-state index in [1.807, 2.05) is 44.2 Å². The number of nitrogens with zero attached hydrogens (tertiary/aromatic N) is 1. The third kappa shape index (κ3) is 5.26. The molecule has 0 bridgehead atoms. The largest absolute Gasteiger partial charge is 0.354 e. The molecule has 6 nitrogen and oxygen atoms in total. The van der Waals surface area contributed by atoms with Gasteiger partial charge in [-0.3, -0.25) is 14.5 Å². The Morgan fingerprint density at radius 2 is 2.00 bits per heavy atom. The number of carbonyl (C=O) groups excluding carboxylic acids is 3. The van der Waals surface area contributed by atoms with E-state index in [1.165, 1.54) is 0 Å². The van der Waals surface area contributed by atoms with Crippen molar-refractivity contribution in [1.82, 2.24) is 15.5 Å². The van der Waals surface area contributed by atoms with Gasteiger partial charge in [-0.05, 0) is 24.5 Å². The van der Waals surface area contributed by atoms with E-state index in [4.69, 9.17) is 0 Å². The SMILES string of the molecule is CC(C)C[C@@H]1NC(=O)N(CC(=O)NCCSc2ccccc2)C1=O. The highest BCUT2D eigenvalue weighted by Crippen LogP contribution is 2.16. The standard InChI is InChI=1S/C17H23N3O3S/c1-12(2)10-14-16(22)20(17(23)19-14)11-15(21)18-8-9-24-13-6-4-3-5-7-13/h3-7,12,14H,8-11H2,1-2H3,(H,18,21)(H,19,23)/t14-/m0/s1. The lowest BCUT2D eigenvalue weighted by Crippen LogP contribution is -2.41. The van der Waals surface area contributed by atoms with Gasteiger partial charge in [0.15, 0.2) is 0 Å². The highest BCUT2D eigenvalue weighted by molar-refractivity contribution is 7.99. The topological polar surface area (TPSA) is 78.5 Å². The quantitative estimate of drug-likeness (QED) is 0.427. The molecule has 1 aliphatic rings. The summed E-state index contributed by atoms with van der Waals surface area (Å²) in [6.45, 7) is 4.23. The number of imide groups is 1. The van der Waals surface area contributed by atoms with Crippen LogP contribution in [0, 0.1) is 5.92 Å². The molecule has 1 saturated heterocycles. The van der Waals surface area contributed by atoms with Crippen LogP contribution in [0.25, 0.3) is 0 Å². The molecular weight excluding hydrogens is 326 g/mol. The summed E-state index contributed by atoms with van der Waals surface area (Å²) in [6.07, 6.45) is 0.580. The molecule has 4 amide bonds. The van der Waals surface area contributed by atoms with Gasteiger partial charge in [-0.2, -0.15) is 0 Å². The van der Waals surface area contributed by atoms with Crippen LogP contribution in [-0.4, -0.2) is 47.6 Å². The van der Waals surface area contributed by atoms with Gasteiger partial charge in [0.2, 0.25) is 5.91 Å². The number of amides is 4. The van der Waals surface area contributed by atoms with Gasteiger partial charge in [0.1, 0.15) is 12.6 Å². The molecule has 0 saturated carbocycles. The van der Waals surface area contributed by atoms with Crippen molar-refractivity contribution in [2.24, 2.45) is 5.92 Å². The predicted molar refractivity (Wildman–Crippen MR) is 93.7 cm³/mol. The Labute approximate surface area is 146 Å². The van der Waals surface area contributed by atoms with Gasteiger partial charge in [-0.1, -0.05) is 32.0 Å². The molecule has 7 heteroatoms. The van der Waals surface area contributed by atoms with Crippen LogP contribution in [0.4, 0.5) is 4.79 Å². The monoisotopic (exact) mass is 349 g/mol. The summed E-state index contributed by atoms with van der Waals surface area (Å²) in [5, 5.41) is 5.38. The molecule has 1 aromatic rings. The zero-order valence-corrected chi connectivity index (χ0v) is 14.8. The fraction of sp³-hybridized carbons (Fsp3) is 0.471. The normalized spacial score (nSPS) is 17.3. The second-order valence-electron chi connectivity index (χ2n) is 6.07. The van der Waals surface area contributed by atoms with Crippen molar-refractivity contribution < 1.29 is 14.4 Å². The molecular formula is C17H23N3O3S. The van der Waals surface area contributed by atoms with Crippen LogP contribution in [0.15, 0.2) is 35.2 Å². The smallest absolute Gasteiger partial charge is 0.325 e. The summed E-state index contributed by atoms with van der Waals surface area (Å²) in [4.78, 5) is 38.1. The second kappa shape index (κ2) is 8.73. The zero-order valence-electron chi connectivity index (χ0n) is 14.0. The molecule has 0 aromatic heterocycles. The van der Waals surface area contributed by atoms with Crippen molar-refractivity contribution >= 4 is 29.6 Å². The van der Waals surface area contributed by atoms with Gasteiger partial charge in [0.05, 0.1) is 0 Å². The maximum atomic E-state index is 12.2. The summed E-state index contributed by atoms with van der Waals surface area (Å²) in [7, 11) is 0. The number of hydrogen-bond acceptors (Lipinski definition) is 4. The Kier molecular flexibility index (Phi) is 6.66. The molecule has 0 spiro atoms. The lowest BCUT2D eigenvalue weighted by Gasteiger charge is -2.13. The summed E-state index contributed by atoms with van der Waals surface area (Å²) in [5.74, 6) is 0.384. The molecule has 24 heavy (non-hydrogen) atoms. The summed E-state index contributed by atoms with van der Waals surface area (Å²) in [6, 6.07) is 8.90. The first-order valence-electron chi connectivity index (χ1n) is 8.03. The number of thioether (sulfide) groups is 1. The molecule has 1 aliphatic heterocycles. The highest BCUT2D eigenvalue weighted by Gasteiger charge is 2.38. The van der Waals surface area contributed by atoms with Crippen LogP contribution < -0.4 is 10.6 Å². The number of rotatable bonds is 8. The first-order valence-corrected chi connectivity index (χ1v) is 9.02. The van der Waals surface area contributed by atoms with Gasteiger partial charge in [0, 0.05) is 17.2 Å². The predicted octanol–water partition coefficient (Wildman–Crippen LogP) is 1.86. The van der Waals surface area contributed by atoms with Crippen LogP contribution in [0.2, 0.25) is 0 Å². The minimum Gasteiger partial charge on any atom is -0.354 e. The van der Waals surface area contributed by atoms with E-state index in [2.05, 4.69) is 10.6 Å². The fourth-order valence-electron chi connectivity index (χ4n) is 2.43. The molecule has 130 valence electrons. The Bertz CT molecular complexity index is 592. The molecule has 0 radical (unpaired) electrons. The van der Waals surface area contributed by atoms with Crippen molar-refractivity contribution in [1.29, 1.82) is 0 Å². The third-order valence-corrected chi connectivity index (χ3v) is 4.57. The minimum absolute atomic E-state index is 0.227. The van der Waals surface area contributed by atoms with Crippen molar-refractivity contribution in [3.05, 3.63) is 30.3 Å². The van der Waals surface area contributed by atoms with E-state index < -0.39 is 12.1 Å². The number of benzene rings is 1. The summed E-state index contributed by atoms with van der Waals surface area (Å²) in [5.41, 5.74) is 0. The highest BCUT2D eigenvalue weighted by atomic mass is 32.2. The van der Waals surface area contributed by atoms with Crippen LogP contribution in [0.5, 0.6) is 0 Å². The van der Waals surface area contributed by atoms with Gasteiger partial charge < -0.3 is 10.6 Å². The van der Waals surface area contributed by atoms with E-state index in [1.54, 1.807) is 11.8 Å². The van der Waals surface area contributed by atoms with Crippen LogP contribution in [0.1, 0.15) is 20.3 Å². The molecule has 0 aliphatic carbocycles. The Morgan fingerprint density at radius 1 is 1.29 bits per heavy atom. The lowest BCUT2D eigenvalue weighted by molar-refractivity contribution is -0.132. The Balaban J connectivity index is 1.72. The van der Waals surface area contributed by atoms with Crippen molar-refractivity contribution in [2.45, 2.75) is 31.2 Å². The second-order valence-corrected chi connectivity index (χ2v) is 7.24. The van der Waals surface area contributed by atoms with Gasteiger partial charge in [-0.25, -0.2) is 4.79 Å². The van der Waals surface area contributed by atoms with E-state index >= 15 is 0 Å². The maximum absolute atomic E-state index is 12.2. The molecule has 0 unspecified atom stereocenters. The fourth-order valence-corrected chi connectivity index (χ4v) is 3.22. The lowest BCUT2D eigenvalue weighted by atomic mass is 10.0. The average molecular weight is 349 g/mol. The number of urea groups is 1. The van der Waals surface area contributed by atoms with Gasteiger partial charge in [-0.15, -0.1) is 11.8 Å². The van der Waals surface area contributed by atoms with Gasteiger partial charge >= 0.3 is 6.03 Å². The maximum Gasteiger partial charge on any atom is 0.325 e. The number of hydrogen-bond donors (Lipinski definition) is 2. The van der Waals surface area contributed by atoms with Crippen LogP contribution >= 0.6 is 11.8 Å². The molecule has 1 aromatic carbocycles. The van der Waals surface area contributed by atoms with E-state index in [0.29, 0.717) is 18.9 Å². The first-order chi connectivity index (χ1) is 11.5. The molecule has 1 heterocycles. The third-order valence-electron chi connectivity index (χ3n) is 3.55. The van der Waals surface area contributed by atoms with E-state index in [-0.39, 0.29) is 18.4 Å². The molecule has 1 atom stereocenters. The van der Waals surface area contributed by atoms with Crippen LogP contribution in [-0.2, 0) is 9.59 Å². The summed E-state index contributed by atoms with van der Waals surface area (Å²) >= 11 is 1.64. The van der Waals surface area contributed by atoms with Crippen molar-refractivity contribution in [3.8, 4) is 0 Å².